The van der Waals surface area contributed by atoms with Gasteiger partial charge < -0.3 is 10.2 Å². The summed E-state index contributed by atoms with van der Waals surface area (Å²) in [6.07, 6.45) is -2.72. The molecule has 4 nitrogen and oxygen atoms in total. The first kappa shape index (κ1) is 19.7. The third-order valence-corrected chi connectivity index (χ3v) is 5.81. The van der Waals surface area contributed by atoms with Gasteiger partial charge >= 0.3 is 12.2 Å². The molecule has 2 amide bonds. The average Bonchev–Trinajstić information content (AvgIpc) is 3.02. The van der Waals surface area contributed by atoms with Gasteiger partial charge in [0, 0.05) is 30.9 Å². The van der Waals surface area contributed by atoms with Gasteiger partial charge in [-0.15, -0.1) is 0 Å². The third-order valence-electron chi connectivity index (χ3n) is 5.81. The minimum Gasteiger partial charge on any atom is -0.321 e. The molecule has 0 saturated carbocycles. The number of alkyl halides is 3. The van der Waals surface area contributed by atoms with E-state index >= 15 is 0 Å². The van der Waals surface area contributed by atoms with Crippen LogP contribution < -0.4 is 5.32 Å². The Morgan fingerprint density at radius 3 is 2.66 bits per heavy atom. The quantitative estimate of drug-likeness (QED) is 0.750. The molecule has 1 fully saturated rings. The van der Waals surface area contributed by atoms with Crippen LogP contribution in [0.4, 0.5) is 28.0 Å². The maximum Gasteiger partial charge on any atom is 0.416 e. The number of likely N-dealkylation sites (tertiary alicyclic amines) is 1. The van der Waals surface area contributed by atoms with Gasteiger partial charge in [-0.3, -0.25) is 4.90 Å². The summed E-state index contributed by atoms with van der Waals surface area (Å²) in [6.45, 7) is 0.989. The highest BCUT2D eigenvalue weighted by Crippen LogP contribution is 2.37. The second-order valence-corrected chi connectivity index (χ2v) is 7.63. The number of hydrogen-bond acceptors (Lipinski definition) is 2. The first-order chi connectivity index (χ1) is 13.7. The van der Waals surface area contributed by atoms with Crippen LogP contribution in [0.25, 0.3) is 0 Å². The molecule has 29 heavy (non-hydrogen) atoms. The van der Waals surface area contributed by atoms with E-state index in [1.54, 1.807) is 11.0 Å². The summed E-state index contributed by atoms with van der Waals surface area (Å²) < 4.78 is 51.8. The second kappa shape index (κ2) is 7.33. The molecule has 0 aromatic heterocycles. The molecule has 0 radical (unpaired) electrons. The molecule has 8 heteroatoms. The highest BCUT2D eigenvalue weighted by Gasteiger charge is 2.38. The highest BCUT2D eigenvalue weighted by molar-refractivity contribution is 5.90. The number of urea groups is 1. The lowest BCUT2D eigenvalue weighted by Gasteiger charge is -2.46. The number of aryl methyl sites for hydroxylation is 1. The zero-order valence-electron chi connectivity index (χ0n) is 15.8. The van der Waals surface area contributed by atoms with Crippen LogP contribution in [0.5, 0.6) is 0 Å². The van der Waals surface area contributed by atoms with Crippen molar-refractivity contribution in [1.29, 1.82) is 0 Å². The molecule has 2 aromatic rings. The van der Waals surface area contributed by atoms with Gasteiger partial charge in [-0.1, -0.05) is 12.1 Å². The maximum atomic E-state index is 13.4. The molecule has 1 unspecified atom stereocenters. The van der Waals surface area contributed by atoms with Crippen molar-refractivity contribution in [3.8, 4) is 0 Å². The van der Waals surface area contributed by atoms with Gasteiger partial charge in [0.25, 0.3) is 0 Å². The summed E-state index contributed by atoms with van der Waals surface area (Å²) in [5.41, 5.74) is 1.47. The molecule has 1 saturated heterocycles. The van der Waals surface area contributed by atoms with Gasteiger partial charge in [0.2, 0.25) is 0 Å². The molecule has 1 aliphatic carbocycles. The zero-order valence-corrected chi connectivity index (χ0v) is 15.8. The minimum absolute atomic E-state index is 0.119. The number of hydrogen-bond donors (Lipinski definition) is 1. The number of likely N-dealkylation sites (N-methyl/N-ethyl adjacent to an activating group) is 1. The molecular formula is C21H21F4N3O. The molecule has 2 aromatic carbocycles. The fourth-order valence-corrected chi connectivity index (χ4v) is 4.10. The first-order valence-electron chi connectivity index (χ1n) is 9.46. The lowest BCUT2D eigenvalue weighted by Crippen LogP contribution is -2.61. The van der Waals surface area contributed by atoms with Crippen molar-refractivity contribution in [3.63, 3.8) is 0 Å². The number of carbonyl (C=O) groups excluding carboxylic acids is 1. The fraction of sp³-hybridized carbons (Fsp3) is 0.381. The lowest BCUT2D eigenvalue weighted by atomic mass is 10.0. The largest absolute Gasteiger partial charge is 0.416 e. The van der Waals surface area contributed by atoms with E-state index in [2.05, 4.69) is 10.2 Å². The lowest BCUT2D eigenvalue weighted by molar-refractivity contribution is -0.137. The maximum absolute atomic E-state index is 13.4. The van der Waals surface area contributed by atoms with Crippen molar-refractivity contribution >= 4 is 11.7 Å². The number of halogens is 4. The van der Waals surface area contributed by atoms with E-state index in [9.17, 15) is 22.4 Å². The van der Waals surface area contributed by atoms with Crippen LogP contribution in [0.1, 0.15) is 29.2 Å². The van der Waals surface area contributed by atoms with Gasteiger partial charge in [-0.25, -0.2) is 9.18 Å². The van der Waals surface area contributed by atoms with Gasteiger partial charge in [-0.05, 0) is 61.3 Å². The standard InChI is InChI=1S/C21H21F4N3O/c1-27(19-8-5-13-9-15(22)6-7-18(13)19)17-11-28(12-17)20(29)26-16-4-2-3-14(10-16)21(23,24)25/h2-4,6-7,9-10,17,19H,5,8,11-12H2,1H3,(H,26,29). The Bertz CT molecular complexity index is 924. The smallest absolute Gasteiger partial charge is 0.321 e. The first-order valence-corrected chi connectivity index (χ1v) is 9.46. The molecule has 0 bridgehead atoms. The van der Waals surface area contributed by atoms with Gasteiger partial charge in [0.05, 0.1) is 5.56 Å². The molecule has 1 aliphatic heterocycles. The third kappa shape index (κ3) is 3.94. The predicted octanol–water partition coefficient (Wildman–Crippen LogP) is 4.68. The van der Waals surface area contributed by atoms with Crippen molar-refractivity contribution in [1.82, 2.24) is 9.80 Å². The van der Waals surface area contributed by atoms with E-state index in [1.165, 1.54) is 18.2 Å². The summed E-state index contributed by atoms with van der Waals surface area (Å²) in [4.78, 5) is 16.1. The van der Waals surface area contributed by atoms with E-state index < -0.39 is 17.8 Å². The van der Waals surface area contributed by atoms with Crippen LogP contribution in [0.3, 0.4) is 0 Å². The normalized spacial score (nSPS) is 19.2. The summed E-state index contributed by atoms with van der Waals surface area (Å²) >= 11 is 0. The Hall–Kier alpha value is -2.61. The van der Waals surface area contributed by atoms with E-state index in [1.807, 2.05) is 13.1 Å². The molecule has 0 spiro atoms. The summed E-state index contributed by atoms with van der Waals surface area (Å²) in [7, 11) is 2.00. The van der Waals surface area contributed by atoms with E-state index in [0.717, 1.165) is 36.1 Å². The average molecular weight is 407 g/mol. The van der Waals surface area contributed by atoms with Crippen molar-refractivity contribution in [3.05, 3.63) is 65.0 Å². The monoisotopic (exact) mass is 407 g/mol. The van der Waals surface area contributed by atoms with Crippen LogP contribution in [0.15, 0.2) is 42.5 Å². The molecular weight excluding hydrogens is 386 g/mol. The number of fused-ring (bicyclic) bond motifs is 1. The number of carbonyl (C=O) groups is 1. The van der Waals surface area contributed by atoms with Crippen LogP contribution in [0.2, 0.25) is 0 Å². The summed E-state index contributed by atoms with van der Waals surface area (Å²) in [5.74, 6) is -0.229. The van der Waals surface area contributed by atoms with E-state index in [4.69, 9.17) is 0 Å². The van der Waals surface area contributed by atoms with Crippen molar-refractivity contribution in [2.24, 2.45) is 0 Å². The molecule has 1 atom stereocenters. The summed E-state index contributed by atoms with van der Waals surface area (Å²) in [5, 5.41) is 2.53. The van der Waals surface area contributed by atoms with Crippen molar-refractivity contribution in [2.75, 3.05) is 25.5 Å². The summed E-state index contributed by atoms with van der Waals surface area (Å²) in [6, 6.07) is 9.41. The number of rotatable bonds is 3. The molecule has 1 heterocycles. The Kier molecular flexibility index (Phi) is 4.98. The van der Waals surface area contributed by atoms with E-state index in [-0.39, 0.29) is 23.6 Å². The van der Waals surface area contributed by atoms with Crippen molar-refractivity contribution < 1.29 is 22.4 Å². The van der Waals surface area contributed by atoms with Crippen LogP contribution >= 0.6 is 0 Å². The van der Waals surface area contributed by atoms with E-state index in [0.29, 0.717) is 13.1 Å². The Morgan fingerprint density at radius 1 is 1.17 bits per heavy atom. The van der Waals surface area contributed by atoms with Gasteiger partial charge in [0.1, 0.15) is 5.82 Å². The highest BCUT2D eigenvalue weighted by atomic mass is 19.4. The SMILES string of the molecule is CN(C1CN(C(=O)Nc2cccc(C(F)(F)F)c2)C1)C1CCc2cc(F)ccc21. The number of anilines is 1. The Labute approximate surface area is 166 Å². The fourth-order valence-electron chi connectivity index (χ4n) is 4.10. The molecule has 2 aliphatic rings. The minimum atomic E-state index is -4.45. The van der Waals surface area contributed by atoms with Gasteiger partial charge in [0.15, 0.2) is 0 Å². The Morgan fingerprint density at radius 2 is 1.93 bits per heavy atom. The number of amides is 2. The predicted molar refractivity (Wildman–Crippen MR) is 101 cm³/mol. The Balaban J connectivity index is 1.34. The van der Waals surface area contributed by atoms with Crippen LogP contribution in [-0.2, 0) is 12.6 Å². The van der Waals surface area contributed by atoms with Crippen LogP contribution in [-0.4, -0.2) is 42.0 Å². The second-order valence-electron chi connectivity index (χ2n) is 7.63. The van der Waals surface area contributed by atoms with Crippen molar-refractivity contribution in [2.45, 2.75) is 31.1 Å². The topological polar surface area (TPSA) is 35.6 Å². The molecule has 154 valence electrons. The number of nitrogens with one attached hydrogen (secondary N) is 1. The van der Waals surface area contributed by atoms with Gasteiger partial charge in [-0.2, -0.15) is 13.2 Å². The van der Waals surface area contributed by atoms with Crippen LogP contribution in [0, 0.1) is 5.82 Å². The number of nitrogens with zero attached hydrogens (tertiary/aromatic N) is 2. The zero-order chi connectivity index (χ0) is 20.8. The molecule has 1 N–H and O–H groups in total. The number of benzene rings is 2. The molecule has 4 rings (SSSR count).